The van der Waals surface area contributed by atoms with Gasteiger partial charge in [-0.2, -0.15) is 0 Å². The van der Waals surface area contributed by atoms with Crippen molar-refractivity contribution in [3.05, 3.63) is 36.0 Å². The maximum atomic E-state index is 12.7. The molecule has 0 unspecified atom stereocenters. The number of hydrogen-bond acceptors (Lipinski definition) is 7. The van der Waals surface area contributed by atoms with E-state index in [0.717, 1.165) is 16.5 Å². The highest BCUT2D eigenvalue weighted by Crippen LogP contribution is 2.23. The molecule has 0 saturated carbocycles. The van der Waals surface area contributed by atoms with Crippen molar-refractivity contribution in [1.82, 2.24) is 15.2 Å². The van der Waals surface area contributed by atoms with E-state index in [1.807, 2.05) is 51.2 Å². The second-order valence-electron chi connectivity index (χ2n) is 6.74. The van der Waals surface area contributed by atoms with Crippen molar-refractivity contribution < 1.29 is 9.53 Å². The second-order valence-corrected chi connectivity index (χ2v) is 7.75. The molecule has 4 N–H and O–H groups in total. The molecule has 3 aromatic rings. The molecule has 0 aliphatic rings. The van der Waals surface area contributed by atoms with Gasteiger partial charge in [0.2, 0.25) is 10.3 Å². The molecule has 1 atom stereocenters. The van der Waals surface area contributed by atoms with Crippen LogP contribution in [-0.2, 0) is 16.0 Å². The standard InChI is InChI=1S/C17H21N5O2S/c1-17(2,3)24-14(23)13(20-16-22-21-15(18)25-16)8-10-9-19-12-7-5-4-6-11(10)12/h4-7,9,13,19H,8H2,1-3H3,(H2,18,21)(H,20,22)/t13-/m0/s1. The summed E-state index contributed by atoms with van der Waals surface area (Å²) in [5.41, 5.74) is 7.11. The Kier molecular flexibility index (Phi) is 4.63. The Morgan fingerprint density at radius 2 is 2.12 bits per heavy atom. The molecule has 8 heteroatoms. The highest BCUT2D eigenvalue weighted by atomic mass is 32.1. The molecule has 3 rings (SSSR count). The predicted molar refractivity (Wildman–Crippen MR) is 99.6 cm³/mol. The van der Waals surface area contributed by atoms with Crippen molar-refractivity contribution >= 4 is 38.5 Å². The van der Waals surface area contributed by atoms with Gasteiger partial charge in [-0.3, -0.25) is 0 Å². The van der Waals surface area contributed by atoms with Gasteiger partial charge in [-0.15, -0.1) is 10.2 Å². The van der Waals surface area contributed by atoms with Gasteiger partial charge in [0, 0.05) is 23.5 Å². The van der Waals surface area contributed by atoms with E-state index in [9.17, 15) is 4.79 Å². The van der Waals surface area contributed by atoms with Crippen LogP contribution in [0.5, 0.6) is 0 Å². The summed E-state index contributed by atoms with van der Waals surface area (Å²) in [7, 11) is 0. The highest BCUT2D eigenvalue weighted by molar-refractivity contribution is 7.18. The smallest absolute Gasteiger partial charge is 0.329 e. The number of nitrogen functional groups attached to an aromatic ring is 1. The summed E-state index contributed by atoms with van der Waals surface area (Å²) in [5.74, 6) is -0.341. The number of nitrogens with two attached hydrogens (primary N) is 1. The van der Waals surface area contributed by atoms with E-state index in [2.05, 4.69) is 20.5 Å². The first kappa shape index (κ1) is 17.2. The van der Waals surface area contributed by atoms with Crippen molar-refractivity contribution in [1.29, 1.82) is 0 Å². The van der Waals surface area contributed by atoms with E-state index < -0.39 is 11.6 Å². The molecule has 0 aliphatic heterocycles. The number of para-hydroxylation sites is 1. The number of esters is 1. The number of benzene rings is 1. The van der Waals surface area contributed by atoms with Gasteiger partial charge in [-0.25, -0.2) is 4.79 Å². The predicted octanol–water partition coefficient (Wildman–Crippen LogP) is 2.97. The van der Waals surface area contributed by atoms with Crippen LogP contribution in [0.4, 0.5) is 10.3 Å². The highest BCUT2D eigenvalue weighted by Gasteiger charge is 2.27. The number of aromatic nitrogens is 3. The molecule has 0 fully saturated rings. The van der Waals surface area contributed by atoms with Gasteiger partial charge in [0.15, 0.2) is 0 Å². The summed E-state index contributed by atoms with van der Waals surface area (Å²) >= 11 is 1.20. The number of hydrogen-bond donors (Lipinski definition) is 3. The van der Waals surface area contributed by atoms with Gasteiger partial charge >= 0.3 is 5.97 Å². The lowest BCUT2D eigenvalue weighted by atomic mass is 10.0. The van der Waals surface area contributed by atoms with Gasteiger partial charge in [0.1, 0.15) is 11.6 Å². The molecule has 2 heterocycles. The van der Waals surface area contributed by atoms with E-state index >= 15 is 0 Å². The summed E-state index contributed by atoms with van der Waals surface area (Å²) in [5, 5.41) is 12.7. The number of rotatable bonds is 5. The molecule has 25 heavy (non-hydrogen) atoms. The first-order chi connectivity index (χ1) is 11.8. The molecule has 0 bridgehead atoms. The Morgan fingerprint density at radius 1 is 1.36 bits per heavy atom. The number of carbonyl (C=O) groups excluding carboxylic acids is 1. The van der Waals surface area contributed by atoms with Gasteiger partial charge in [0.25, 0.3) is 0 Å². The van der Waals surface area contributed by atoms with E-state index in [-0.39, 0.29) is 5.97 Å². The Labute approximate surface area is 149 Å². The average molecular weight is 359 g/mol. The summed E-state index contributed by atoms with van der Waals surface area (Å²) in [6.45, 7) is 5.53. The normalized spacial score (nSPS) is 12.9. The summed E-state index contributed by atoms with van der Waals surface area (Å²) in [6.07, 6.45) is 2.37. The topological polar surface area (TPSA) is 106 Å². The van der Waals surface area contributed by atoms with Crippen molar-refractivity contribution in [2.24, 2.45) is 0 Å². The Balaban J connectivity index is 1.86. The quantitative estimate of drug-likeness (QED) is 0.605. The fourth-order valence-corrected chi connectivity index (χ4v) is 3.09. The van der Waals surface area contributed by atoms with Crippen molar-refractivity contribution in [3.63, 3.8) is 0 Å². The zero-order chi connectivity index (χ0) is 18.0. The third-order valence-corrected chi connectivity index (χ3v) is 4.21. The van der Waals surface area contributed by atoms with Crippen LogP contribution in [0.1, 0.15) is 26.3 Å². The zero-order valence-electron chi connectivity index (χ0n) is 14.4. The molecule has 2 aromatic heterocycles. The number of aromatic amines is 1. The van der Waals surface area contributed by atoms with Gasteiger partial charge in [0.05, 0.1) is 0 Å². The second kappa shape index (κ2) is 6.72. The molecule has 0 spiro atoms. The first-order valence-corrected chi connectivity index (χ1v) is 8.77. The Morgan fingerprint density at radius 3 is 2.80 bits per heavy atom. The fourth-order valence-electron chi connectivity index (χ4n) is 2.53. The van der Waals surface area contributed by atoms with Crippen molar-refractivity contribution in [2.45, 2.75) is 38.8 Å². The molecule has 0 amide bonds. The van der Waals surface area contributed by atoms with Gasteiger partial charge < -0.3 is 20.8 Å². The SMILES string of the molecule is CC(C)(C)OC(=O)[C@H](Cc1c[nH]c2ccccc12)Nc1nnc(N)s1. The molecule has 132 valence electrons. The van der Waals surface area contributed by atoms with Crippen LogP contribution < -0.4 is 11.1 Å². The van der Waals surface area contributed by atoms with E-state index in [1.165, 1.54) is 11.3 Å². The third-order valence-electron chi connectivity index (χ3n) is 3.53. The van der Waals surface area contributed by atoms with Crippen LogP contribution in [-0.4, -0.2) is 32.8 Å². The number of fused-ring (bicyclic) bond motifs is 1. The Bertz CT molecular complexity index is 880. The first-order valence-electron chi connectivity index (χ1n) is 7.95. The minimum atomic E-state index is -0.592. The summed E-state index contributed by atoms with van der Waals surface area (Å²) < 4.78 is 5.55. The largest absolute Gasteiger partial charge is 0.458 e. The molecular formula is C17H21N5O2S. The van der Waals surface area contributed by atoms with E-state index in [4.69, 9.17) is 10.5 Å². The van der Waals surface area contributed by atoms with Crippen LogP contribution in [0.15, 0.2) is 30.5 Å². The van der Waals surface area contributed by atoms with Crippen LogP contribution in [0.3, 0.4) is 0 Å². The Hall–Kier alpha value is -2.61. The number of nitrogens with zero attached hydrogens (tertiary/aromatic N) is 2. The molecule has 0 aliphatic carbocycles. The van der Waals surface area contributed by atoms with E-state index in [0.29, 0.717) is 16.7 Å². The number of ether oxygens (including phenoxy) is 1. The average Bonchev–Trinajstić information content (AvgIpc) is 3.12. The monoisotopic (exact) mass is 359 g/mol. The van der Waals surface area contributed by atoms with Crippen molar-refractivity contribution in [3.8, 4) is 0 Å². The maximum absolute atomic E-state index is 12.7. The van der Waals surface area contributed by atoms with Crippen LogP contribution in [0, 0.1) is 0 Å². The number of nitrogens with one attached hydrogen (secondary N) is 2. The molecule has 1 aromatic carbocycles. The molecule has 7 nitrogen and oxygen atoms in total. The van der Waals surface area contributed by atoms with Crippen LogP contribution >= 0.6 is 11.3 Å². The number of H-pyrrole nitrogens is 1. The van der Waals surface area contributed by atoms with Gasteiger partial charge in [-0.1, -0.05) is 29.5 Å². The third kappa shape index (κ3) is 4.27. The van der Waals surface area contributed by atoms with E-state index in [1.54, 1.807) is 0 Å². The van der Waals surface area contributed by atoms with Crippen molar-refractivity contribution in [2.75, 3.05) is 11.1 Å². The minimum Gasteiger partial charge on any atom is -0.458 e. The lowest BCUT2D eigenvalue weighted by molar-refractivity contribution is -0.155. The van der Waals surface area contributed by atoms with Gasteiger partial charge in [-0.05, 0) is 32.4 Å². The maximum Gasteiger partial charge on any atom is 0.329 e. The number of carbonyl (C=O) groups is 1. The zero-order valence-corrected chi connectivity index (χ0v) is 15.2. The van der Waals surface area contributed by atoms with Crippen LogP contribution in [0.2, 0.25) is 0 Å². The number of anilines is 2. The summed E-state index contributed by atoms with van der Waals surface area (Å²) in [6, 6.07) is 7.37. The lowest BCUT2D eigenvalue weighted by Crippen LogP contribution is -2.38. The molecular weight excluding hydrogens is 338 g/mol. The molecule has 0 saturated heterocycles. The molecule has 0 radical (unpaired) electrons. The minimum absolute atomic E-state index is 0.341. The fraction of sp³-hybridized carbons (Fsp3) is 0.353. The van der Waals surface area contributed by atoms with Crippen LogP contribution in [0.25, 0.3) is 10.9 Å². The summed E-state index contributed by atoms with van der Waals surface area (Å²) in [4.78, 5) is 15.9. The lowest BCUT2D eigenvalue weighted by Gasteiger charge is -2.24.